The normalized spacial score (nSPS) is 11.0. The fourth-order valence-corrected chi connectivity index (χ4v) is 3.77. The summed E-state index contributed by atoms with van der Waals surface area (Å²) in [7, 11) is -2.22. The van der Waals surface area contributed by atoms with E-state index in [1.807, 2.05) is 6.07 Å². The van der Waals surface area contributed by atoms with Crippen LogP contribution in [0.3, 0.4) is 0 Å². The van der Waals surface area contributed by atoms with Crippen LogP contribution < -0.4 is 9.62 Å². The van der Waals surface area contributed by atoms with Crippen molar-refractivity contribution < 1.29 is 13.2 Å². The van der Waals surface area contributed by atoms with Gasteiger partial charge < -0.3 is 5.32 Å². The minimum Gasteiger partial charge on any atom is -0.322 e. The van der Waals surface area contributed by atoms with Gasteiger partial charge in [0.2, 0.25) is 0 Å². The van der Waals surface area contributed by atoms with E-state index in [-0.39, 0.29) is 10.8 Å². The second-order valence-corrected chi connectivity index (χ2v) is 8.20. The van der Waals surface area contributed by atoms with Crippen LogP contribution in [0.5, 0.6) is 0 Å². The fourth-order valence-electron chi connectivity index (χ4n) is 2.45. The molecule has 0 radical (unpaired) electrons. The summed E-state index contributed by atoms with van der Waals surface area (Å²) in [4.78, 5) is 12.4. The maximum atomic E-state index is 12.7. The number of nitrogens with zero attached hydrogens (tertiary/aromatic N) is 1. The number of para-hydroxylation sites is 1. The zero-order chi connectivity index (χ0) is 19.4. The Morgan fingerprint density at radius 1 is 0.889 bits per heavy atom. The number of rotatable bonds is 5. The summed E-state index contributed by atoms with van der Waals surface area (Å²) in [5, 5.41) is 3.31. The number of amides is 1. The van der Waals surface area contributed by atoms with Crippen molar-refractivity contribution in [2.45, 2.75) is 4.90 Å². The van der Waals surface area contributed by atoms with E-state index < -0.39 is 10.0 Å². The summed E-state index contributed by atoms with van der Waals surface area (Å²) >= 11 is 5.82. The highest BCUT2D eigenvalue weighted by molar-refractivity contribution is 7.92. The molecule has 0 aliphatic rings. The van der Waals surface area contributed by atoms with Crippen LogP contribution >= 0.6 is 11.6 Å². The minimum absolute atomic E-state index is 0.108. The molecule has 0 atom stereocenters. The molecule has 1 amide bonds. The SMILES string of the molecule is CN(c1ccccc1)S(=O)(=O)c1ccc(C(=O)Nc2ccc(Cl)cc2)cc1. The van der Waals surface area contributed by atoms with Crippen LogP contribution in [0.15, 0.2) is 83.8 Å². The van der Waals surface area contributed by atoms with Crippen molar-refractivity contribution in [1.29, 1.82) is 0 Å². The standard InChI is InChI=1S/C20H17ClN2O3S/c1-23(18-5-3-2-4-6-18)27(25,26)19-13-7-15(8-14-19)20(24)22-17-11-9-16(21)10-12-17/h2-14H,1H3,(H,22,24). The molecule has 0 fully saturated rings. The summed E-state index contributed by atoms with van der Waals surface area (Å²) < 4.78 is 26.7. The zero-order valence-electron chi connectivity index (χ0n) is 14.5. The summed E-state index contributed by atoms with van der Waals surface area (Å²) in [6.07, 6.45) is 0. The van der Waals surface area contributed by atoms with Crippen LogP contribution in [0.4, 0.5) is 11.4 Å². The van der Waals surface area contributed by atoms with E-state index in [1.54, 1.807) is 48.5 Å². The number of benzene rings is 3. The summed E-state index contributed by atoms with van der Waals surface area (Å²) in [6.45, 7) is 0. The predicted molar refractivity (Wildman–Crippen MR) is 108 cm³/mol. The van der Waals surface area contributed by atoms with Gasteiger partial charge in [-0.15, -0.1) is 0 Å². The summed E-state index contributed by atoms with van der Waals surface area (Å²) in [5.41, 5.74) is 1.51. The lowest BCUT2D eigenvalue weighted by atomic mass is 10.2. The van der Waals surface area contributed by atoms with Crippen LogP contribution in [-0.4, -0.2) is 21.4 Å². The molecule has 0 aliphatic heterocycles. The smallest absolute Gasteiger partial charge is 0.264 e. The average molecular weight is 401 g/mol. The number of hydrogen-bond donors (Lipinski definition) is 1. The first kappa shape index (κ1) is 18.9. The molecule has 7 heteroatoms. The van der Waals surface area contributed by atoms with Gasteiger partial charge in [-0.3, -0.25) is 9.10 Å². The minimum atomic E-state index is -3.71. The Morgan fingerprint density at radius 3 is 2.07 bits per heavy atom. The average Bonchev–Trinajstić information content (AvgIpc) is 2.70. The summed E-state index contributed by atoms with van der Waals surface area (Å²) in [5.74, 6) is -0.335. The highest BCUT2D eigenvalue weighted by atomic mass is 35.5. The van der Waals surface area contributed by atoms with Crippen molar-refractivity contribution in [3.05, 3.63) is 89.4 Å². The molecule has 0 unspecified atom stereocenters. The Balaban J connectivity index is 1.78. The van der Waals surface area contributed by atoms with E-state index in [0.717, 1.165) is 0 Å². The first-order valence-corrected chi connectivity index (χ1v) is 9.91. The van der Waals surface area contributed by atoms with Gasteiger partial charge in [0, 0.05) is 23.3 Å². The van der Waals surface area contributed by atoms with Gasteiger partial charge in [-0.05, 0) is 60.7 Å². The highest BCUT2D eigenvalue weighted by Crippen LogP contribution is 2.22. The van der Waals surface area contributed by atoms with Gasteiger partial charge in [0.15, 0.2) is 0 Å². The molecule has 5 nitrogen and oxygen atoms in total. The van der Waals surface area contributed by atoms with Crippen LogP contribution in [0.2, 0.25) is 5.02 Å². The van der Waals surface area contributed by atoms with E-state index in [1.165, 1.54) is 35.6 Å². The van der Waals surface area contributed by atoms with Crippen molar-refractivity contribution in [1.82, 2.24) is 0 Å². The lowest BCUT2D eigenvalue weighted by Crippen LogP contribution is -2.26. The number of nitrogens with one attached hydrogen (secondary N) is 1. The third-order valence-electron chi connectivity index (χ3n) is 4.00. The van der Waals surface area contributed by atoms with Gasteiger partial charge in [-0.2, -0.15) is 0 Å². The van der Waals surface area contributed by atoms with E-state index in [0.29, 0.717) is 22.0 Å². The van der Waals surface area contributed by atoms with E-state index in [9.17, 15) is 13.2 Å². The number of halogens is 1. The highest BCUT2D eigenvalue weighted by Gasteiger charge is 2.21. The second kappa shape index (κ2) is 7.82. The molecular weight excluding hydrogens is 384 g/mol. The van der Waals surface area contributed by atoms with Gasteiger partial charge in [-0.25, -0.2) is 8.42 Å². The van der Waals surface area contributed by atoms with E-state index in [4.69, 9.17) is 11.6 Å². The zero-order valence-corrected chi connectivity index (χ0v) is 16.0. The van der Waals surface area contributed by atoms with Crippen molar-refractivity contribution in [3.8, 4) is 0 Å². The monoisotopic (exact) mass is 400 g/mol. The van der Waals surface area contributed by atoms with Crippen LogP contribution in [0.1, 0.15) is 10.4 Å². The molecule has 3 rings (SSSR count). The van der Waals surface area contributed by atoms with Gasteiger partial charge in [0.05, 0.1) is 10.6 Å². The quantitative estimate of drug-likeness (QED) is 0.689. The molecule has 0 saturated heterocycles. The summed E-state index contributed by atoms with van der Waals surface area (Å²) in [6, 6.07) is 21.3. The Bertz CT molecular complexity index is 1030. The number of carbonyl (C=O) groups is 1. The Morgan fingerprint density at radius 2 is 1.48 bits per heavy atom. The maximum Gasteiger partial charge on any atom is 0.264 e. The lowest BCUT2D eigenvalue weighted by Gasteiger charge is -2.19. The molecule has 27 heavy (non-hydrogen) atoms. The third kappa shape index (κ3) is 4.30. The molecule has 0 aromatic heterocycles. The largest absolute Gasteiger partial charge is 0.322 e. The number of anilines is 2. The first-order chi connectivity index (χ1) is 12.9. The topological polar surface area (TPSA) is 66.5 Å². The van der Waals surface area contributed by atoms with Crippen LogP contribution in [0.25, 0.3) is 0 Å². The Kier molecular flexibility index (Phi) is 5.48. The van der Waals surface area contributed by atoms with E-state index in [2.05, 4.69) is 5.32 Å². The Labute approximate surface area is 163 Å². The second-order valence-electron chi connectivity index (χ2n) is 5.79. The molecule has 0 spiro atoms. The first-order valence-electron chi connectivity index (χ1n) is 8.09. The van der Waals surface area contributed by atoms with Crippen LogP contribution in [-0.2, 0) is 10.0 Å². The van der Waals surface area contributed by atoms with Crippen molar-refractivity contribution in [2.75, 3.05) is 16.7 Å². The van der Waals surface area contributed by atoms with Crippen molar-refractivity contribution in [3.63, 3.8) is 0 Å². The van der Waals surface area contributed by atoms with E-state index >= 15 is 0 Å². The maximum absolute atomic E-state index is 12.7. The number of carbonyl (C=O) groups excluding carboxylic acids is 1. The molecular formula is C20H17ClN2O3S. The van der Waals surface area contributed by atoms with Crippen molar-refractivity contribution in [2.24, 2.45) is 0 Å². The Hall–Kier alpha value is -2.83. The molecule has 0 saturated carbocycles. The van der Waals surface area contributed by atoms with Crippen molar-refractivity contribution >= 4 is 38.9 Å². The number of sulfonamides is 1. The van der Waals surface area contributed by atoms with Gasteiger partial charge in [0.1, 0.15) is 0 Å². The number of hydrogen-bond acceptors (Lipinski definition) is 3. The van der Waals surface area contributed by atoms with Gasteiger partial charge >= 0.3 is 0 Å². The van der Waals surface area contributed by atoms with Gasteiger partial charge in [-0.1, -0.05) is 29.8 Å². The lowest BCUT2D eigenvalue weighted by molar-refractivity contribution is 0.102. The van der Waals surface area contributed by atoms with Gasteiger partial charge in [0.25, 0.3) is 15.9 Å². The third-order valence-corrected chi connectivity index (χ3v) is 6.05. The molecule has 0 heterocycles. The molecule has 3 aromatic carbocycles. The van der Waals surface area contributed by atoms with Crippen LogP contribution in [0, 0.1) is 0 Å². The molecule has 3 aromatic rings. The fraction of sp³-hybridized carbons (Fsp3) is 0.0500. The molecule has 0 bridgehead atoms. The predicted octanol–water partition coefficient (Wildman–Crippen LogP) is 4.42. The molecule has 0 aliphatic carbocycles. The molecule has 1 N–H and O–H groups in total. The molecule has 138 valence electrons.